The van der Waals surface area contributed by atoms with Crippen molar-refractivity contribution in [1.29, 1.82) is 0 Å². The lowest BCUT2D eigenvalue weighted by molar-refractivity contribution is -0.113. The fourth-order valence-corrected chi connectivity index (χ4v) is 3.85. The van der Waals surface area contributed by atoms with Crippen molar-refractivity contribution < 1.29 is 9.53 Å². The Morgan fingerprint density at radius 3 is 2.70 bits per heavy atom. The topological polar surface area (TPSA) is 94.8 Å². The zero-order chi connectivity index (χ0) is 19.2. The van der Waals surface area contributed by atoms with Gasteiger partial charge in [-0.25, -0.2) is 0 Å². The average Bonchev–Trinajstić information content (AvgIpc) is 3.24. The predicted octanol–water partition coefficient (Wildman–Crippen LogP) is 3.53. The number of anilines is 1. The Bertz CT molecular complexity index is 912. The van der Waals surface area contributed by atoms with Crippen LogP contribution in [0.1, 0.15) is 17.8 Å². The molecule has 0 aliphatic carbocycles. The number of thioether (sulfide) groups is 1. The van der Waals surface area contributed by atoms with E-state index in [0.29, 0.717) is 29.3 Å². The van der Waals surface area contributed by atoms with Gasteiger partial charge in [-0.1, -0.05) is 39.0 Å². The molecular weight excluding hydrogens is 452 g/mol. The van der Waals surface area contributed by atoms with Gasteiger partial charge in [0.2, 0.25) is 11.0 Å². The third kappa shape index (κ3) is 5.50. The lowest BCUT2D eigenvalue weighted by atomic mass is 10.3. The van der Waals surface area contributed by atoms with Gasteiger partial charge in [0, 0.05) is 11.0 Å². The van der Waals surface area contributed by atoms with Gasteiger partial charge < -0.3 is 9.30 Å². The van der Waals surface area contributed by atoms with Crippen molar-refractivity contribution in [2.45, 2.75) is 32.2 Å². The van der Waals surface area contributed by atoms with Crippen LogP contribution in [-0.4, -0.2) is 36.6 Å². The fraction of sp³-hybridized carbons (Fsp3) is 0.312. The molecule has 27 heavy (non-hydrogen) atoms. The monoisotopic (exact) mass is 468 g/mol. The molecular formula is C16H17BrN6O2S2. The van der Waals surface area contributed by atoms with E-state index in [1.165, 1.54) is 23.1 Å². The van der Waals surface area contributed by atoms with Gasteiger partial charge in [-0.3, -0.25) is 10.1 Å². The van der Waals surface area contributed by atoms with Crippen LogP contribution in [0.5, 0.6) is 5.75 Å². The highest BCUT2D eigenvalue weighted by Gasteiger charge is 2.14. The Kier molecular flexibility index (Phi) is 6.80. The third-order valence-corrected chi connectivity index (χ3v) is 5.65. The fourth-order valence-electron chi connectivity index (χ4n) is 2.16. The summed E-state index contributed by atoms with van der Waals surface area (Å²) < 4.78 is 8.69. The molecule has 0 bridgehead atoms. The Morgan fingerprint density at radius 2 is 2.04 bits per heavy atom. The number of nitrogens with one attached hydrogen (secondary N) is 1. The van der Waals surface area contributed by atoms with Crippen LogP contribution >= 0.6 is 39.0 Å². The van der Waals surface area contributed by atoms with Crippen LogP contribution in [-0.2, 0) is 17.9 Å². The minimum absolute atomic E-state index is 0.158. The number of aromatic nitrogens is 5. The van der Waals surface area contributed by atoms with Crippen molar-refractivity contribution in [2.24, 2.45) is 0 Å². The molecule has 11 heteroatoms. The standard InChI is InChI=1S/C16H17BrN6O2S2/c1-3-23-13(8-25-12-6-4-11(17)5-7-12)20-22-16(23)26-9-14(24)18-15-21-19-10(2)27-15/h4-7H,3,8-9H2,1-2H3,(H,18,21,24). The summed E-state index contributed by atoms with van der Waals surface area (Å²) in [4.78, 5) is 12.1. The van der Waals surface area contributed by atoms with E-state index in [0.717, 1.165) is 15.2 Å². The summed E-state index contributed by atoms with van der Waals surface area (Å²) in [6.45, 7) is 4.83. The van der Waals surface area contributed by atoms with Gasteiger partial charge >= 0.3 is 0 Å². The summed E-state index contributed by atoms with van der Waals surface area (Å²) in [5.74, 6) is 1.52. The first-order valence-electron chi connectivity index (χ1n) is 8.08. The van der Waals surface area contributed by atoms with Gasteiger partial charge in [0.25, 0.3) is 0 Å². The highest BCUT2D eigenvalue weighted by molar-refractivity contribution is 9.10. The van der Waals surface area contributed by atoms with Gasteiger partial charge in [-0.15, -0.1) is 20.4 Å². The molecule has 2 aromatic heterocycles. The molecule has 0 saturated carbocycles. The van der Waals surface area contributed by atoms with Crippen molar-refractivity contribution in [3.05, 3.63) is 39.6 Å². The third-order valence-electron chi connectivity index (χ3n) is 3.40. The van der Waals surface area contributed by atoms with Gasteiger partial charge in [0.05, 0.1) is 5.75 Å². The molecule has 8 nitrogen and oxygen atoms in total. The number of aryl methyl sites for hydroxylation is 1. The molecule has 0 saturated heterocycles. The van der Waals surface area contributed by atoms with E-state index >= 15 is 0 Å². The normalized spacial score (nSPS) is 10.8. The number of carbonyl (C=O) groups is 1. The largest absolute Gasteiger partial charge is 0.486 e. The first-order valence-corrected chi connectivity index (χ1v) is 10.7. The van der Waals surface area contributed by atoms with Gasteiger partial charge in [0.1, 0.15) is 17.4 Å². The molecule has 1 aromatic carbocycles. The van der Waals surface area contributed by atoms with Crippen LogP contribution in [0.3, 0.4) is 0 Å². The maximum absolute atomic E-state index is 12.1. The zero-order valence-electron chi connectivity index (χ0n) is 14.7. The van der Waals surface area contributed by atoms with Crippen LogP contribution in [0.4, 0.5) is 5.13 Å². The van der Waals surface area contributed by atoms with E-state index < -0.39 is 0 Å². The molecule has 2 heterocycles. The van der Waals surface area contributed by atoms with E-state index in [2.05, 4.69) is 41.6 Å². The predicted molar refractivity (Wildman–Crippen MR) is 108 cm³/mol. The number of carbonyl (C=O) groups excluding carboxylic acids is 1. The van der Waals surface area contributed by atoms with E-state index in [4.69, 9.17) is 4.74 Å². The van der Waals surface area contributed by atoms with Crippen molar-refractivity contribution in [1.82, 2.24) is 25.0 Å². The smallest absolute Gasteiger partial charge is 0.236 e. The Labute approximate surface area is 172 Å². The number of nitrogens with zero attached hydrogens (tertiary/aromatic N) is 5. The molecule has 0 aliphatic heterocycles. The average molecular weight is 469 g/mol. The maximum atomic E-state index is 12.1. The first kappa shape index (κ1) is 19.8. The molecule has 0 atom stereocenters. The minimum Gasteiger partial charge on any atom is -0.486 e. The highest BCUT2D eigenvalue weighted by Crippen LogP contribution is 2.21. The number of hydrogen-bond acceptors (Lipinski definition) is 8. The number of rotatable bonds is 8. The summed E-state index contributed by atoms with van der Waals surface area (Å²) in [6.07, 6.45) is 0. The van der Waals surface area contributed by atoms with Crippen LogP contribution in [0.25, 0.3) is 0 Å². The van der Waals surface area contributed by atoms with E-state index in [9.17, 15) is 4.79 Å². The molecule has 0 spiro atoms. The van der Waals surface area contributed by atoms with Crippen LogP contribution in [0.15, 0.2) is 33.9 Å². The number of ether oxygens (including phenoxy) is 1. The van der Waals surface area contributed by atoms with Crippen LogP contribution < -0.4 is 10.1 Å². The second kappa shape index (κ2) is 9.29. The lowest BCUT2D eigenvalue weighted by Gasteiger charge is -2.09. The van der Waals surface area contributed by atoms with Gasteiger partial charge in [0.15, 0.2) is 11.0 Å². The molecule has 0 aliphatic rings. The molecule has 142 valence electrons. The van der Waals surface area contributed by atoms with E-state index in [-0.39, 0.29) is 11.7 Å². The highest BCUT2D eigenvalue weighted by atomic mass is 79.9. The molecule has 0 radical (unpaired) electrons. The summed E-state index contributed by atoms with van der Waals surface area (Å²) >= 11 is 6.06. The number of benzene rings is 1. The summed E-state index contributed by atoms with van der Waals surface area (Å²) in [5, 5.41) is 20.8. The molecule has 1 amide bonds. The minimum atomic E-state index is -0.158. The number of hydrogen-bond donors (Lipinski definition) is 1. The van der Waals surface area contributed by atoms with Gasteiger partial charge in [-0.2, -0.15) is 0 Å². The Morgan fingerprint density at radius 1 is 1.26 bits per heavy atom. The van der Waals surface area contributed by atoms with E-state index in [1.807, 2.05) is 42.7 Å². The molecule has 0 fully saturated rings. The second-order valence-electron chi connectivity index (χ2n) is 5.35. The quantitative estimate of drug-likeness (QED) is 0.505. The van der Waals surface area contributed by atoms with Crippen molar-refractivity contribution in [3.63, 3.8) is 0 Å². The molecule has 3 rings (SSSR count). The van der Waals surface area contributed by atoms with Crippen molar-refractivity contribution >= 4 is 50.1 Å². The number of amides is 1. The van der Waals surface area contributed by atoms with Gasteiger partial charge in [-0.05, 0) is 38.1 Å². The Balaban J connectivity index is 1.56. The van der Waals surface area contributed by atoms with Crippen LogP contribution in [0.2, 0.25) is 0 Å². The molecule has 3 aromatic rings. The molecule has 0 unspecified atom stereocenters. The van der Waals surface area contributed by atoms with Crippen molar-refractivity contribution in [3.8, 4) is 5.75 Å². The first-order chi connectivity index (χ1) is 13.0. The Hall–Kier alpha value is -1.98. The zero-order valence-corrected chi connectivity index (χ0v) is 17.9. The SMILES string of the molecule is CCn1c(COc2ccc(Br)cc2)nnc1SCC(=O)Nc1nnc(C)s1. The summed E-state index contributed by atoms with van der Waals surface area (Å²) in [5.41, 5.74) is 0. The lowest BCUT2D eigenvalue weighted by Crippen LogP contribution is -2.14. The summed E-state index contributed by atoms with van der Waals surface area (Å²) in [7, 11) is 0. The second-order valence-corrected chi connectivity index (χ2v) is 8.39. The maximum Gasteiger partial charge on any atom is 0.236 e. The molecule has 1 N–H and O–H groups in total. The number of halogens is 1. The van der Waals surface area contributed by atoms with Crippen molar-refractivity contribution in [2.75, 3.05) is 11.1 Å². The van der Waals surface area contributed by atoms with E-state index in [1.54, 1.807) is 0 Å². The van der Waals surface area contributed by atoms with Crippen LogP contribution in [0, 0.1) is 6.92 Å². The summed E-state index contributed by atoms with van der Waals surface area (Å²) in [6, 6.07) is 7.59.